The molecule has 0 aromatic carbocycles. The average Bonchev–Trinajstić information content (AvgIpc) is 2.46. The van der Waals surface area contributed by atoms with Crippen LogP contribution in [0.5, 0.6) is 0 Å². The molecule has 74 valence electrons. The Labute approximate surface area is 75.0 Å². The fourth-order valence-corrected chi connectivity index (χ4v) is 1.18. The van der Waals surface area contributed by atoms with Gasteiger partial charge in [0.15, 0.2) is 11.7 Å². The Bertz CT molecular complexity index is 243. The largest absolute Gasteiger partial charge is 0.481 e. The van der Waals surface area contributed by atoms with Crippen molar-refractivity contribution in [2.75, 3.05) is 6.54 Å². The fourth-order valence-electron chi connectivity index (χ4n) is 1.18. The first-order chi connectivity index (χ1) is 6.02. The number of rotatable bonds is 3. The van der Waals surface area contributed by atoms with Crippen molar-refractivity contribution in [2.45, 2.75) is 18.6 Å². The third kappa shape index (κ3) is 1.50. The van der Waals surface area contributed by atoms with Crippen molar-refractivity contribution < 1.29 is 19.8 Å². The zero-order valence-electron chi connectivity index (χ0n) is 7.17. The first-order valence-electron chi connectivity index (χ1n) is 3.88. The smallest absolute Gasteiger partial charge is 0.309 e. The molecular formula is C7H12N2O4. The standard InChI is InChI=1S/C7H12N2O4/c1-4(6(10)11)7(12)3-9-13-5(7)2-8/h3-5,12H,2,8H2,1H3,(H,10,11). The first kappa shape index (κ1) is 9.94. The zero-order chi connectivity index (χ0) is 10.1. The van der Waals surface area contributed by atoms with E-state index in [9.17, 15) is 9.90 Å². The molecule has 4 N–H and O–H groups in total. The Kier molecular flexibility index (Phi) is 2.53. The van der Waals surface area contributed by atoms with Crippen molar-refractivity contribution in [2.24, 2.45) is 16.8 Å². The molecule has 0 bridgehead atoms. The van der Waals surface area contributed by atoms with E-state index >= 15 is 0 Å². The van der Waals surface area contributed by atoms with Crippen LogP contribution in [0.1, 0.15) is 6.92 Å². The van der Waals surface area contributed by atoms with E-state index in [-0.39, 0.29) is 6.54 Å². The monoisotopic (exact) mass is 188 g/mol. The Balaban J connectivity index is 2.85. The van der Waals surface area contributed by atoms with Gasteiger partial charge in [-0.25, -0.2) is 0 Å². The lowest BCUT2D eigenvalue weighted by Crippen LogP contribution is -2.52. The van der Waals surface area contributed by atoms with Crippen LogP contribution in [0.3, 0.4) is 0 Å². The first-order valence-corrected chi connectivity index (χ1v) is 3.88. The van der Waals surface area contributed by atoms with E-state index in [2.05, 4.69) is 5.16 Å². The normalized spacial score (nSPS) is 34.2. The van der Waals surface area contributed by atoms with Gasteiger partial charge < -0.3 is 20.8 Å². The quantitative estimate of drug-likeness (QED) is 0.515. The summed E-state index contributed by atoms with van der Waals surface area (Å²) in [6.07, 6.45) is 0.308. The summed E-state index contributed by atoms with van der Waals surface area (Å²) >= 11 is 0. The number of hydrogen-bond acceptors (Lipinski definition) is 5. The van der Waals surface area contributed by atoms with Gasteiger partial charge in [0.2, 0.25) is 0 Å². The summed E-state index contributed by atoms with van der Waals surface area (Å²) in [6.45, 7) is 1.40. The van der Waals surface area contributed by atoms with Gasteiger partial charge in [-0.2, -0.15) is 0 Å². The van der Waals surface area contributed by atoms with Gasteiger partial charge in [0.25, 0.3) is 0 Å². The number of aliphatic hydroxyl groups is 1. The van der Waals surface area contributed by atoms with E-state index < -0.39 is 23.6 Å². The molecule has 13 heavy (non-hydrogen) atoms. The lowest BCUT2D eigenvalue weighted by Gasteiger charge is -2.27. The summed E-state index contributed by atoms with van der Waals surface area (Å²) in [5, 5.41) is 21.9. The molecule has 0 aromatic heterocycles. The molecule has 1 rings (SSSR count). The van der Waals surface area contributed by atoms with E-state index in [0.29, 0.717) is 0 Å². The summed E-state index contributed by atoms with van der Waals surface area (Å²) < 4.78 is 0. The van der Waals surface area contributed by atoms with Crippen LogP contribution in [0.15, 0.2) is 5.16 Å². The number of hydrogen-bond donors (Lipinski definition) is 3. The molecule has 6 nitrogen and oxygen atoms in total. The minimum atomic E-state index is -1.60. The summed E-state index contributed by atoms with van der Waals surface area (Å²) in [5.74, 6) is -2.11. The lowest BCUT2D eigenvalue weighted by molar-refractivity contribution is -0.151. The Morgan fingerprint density at radius 1 is 1.92 bits per heavy atom. The van der Waals surface area contributed by atoms with Gasteiger partial charge in [0.05, 0.1) is 12.1 Å². The molecule has 0 saturated heterocycles. The summed E-state index contributed by atoms with van der Waals surface area (Å²) in [5.41, 5.74) is 3.69. The molecule has 3 atom stereocenters. The molecule has 0 spiro atoms. The highest BCUT2D eigenvalue weighted by Gasteiger charge is 2.48. The van der Waals surface area contributed by atoms with Crippen LogP contribution in [-0.2, 0) is 9.63 Å². The zero-order valence-corrected chi connectivity index (χ0v) is 7.17. The number of nitrogens with zero attached hydrogens (tertiary/aromatic N) is 1. The Morgan fingerprint density at radius 3 is 3.00 bits per heavy atom. The van der Waals surface area contributed by atoms with Gasteiger partial charge >= 0.3 is 5.97 Å². The van der Waals surface area contributed by atoms with E-state index in [1.807, 2.05) is 0 Å². The molecule has 6 heteroatoms. The summed E-state index contributed by atoms with van der Waals surface area (Å²) in [7, 11) is 0. The molecule has 0 saturated carbocycles. The molecule has 0 aromatic rings. The second-order valence-corrected chi connectivity index (χ2v) is 3.01. The predicted molar refractivity (Wildman–Crippen MR) is 44.2 cm³/mol. The molecule has 1 aliphatic rings. The van der Waals surface area contributed by atoms with Crippen LogP contribution in [0.25, 0.3) is 0 Å². The highest BCUT2D eigenvalue weighted by atomic mass is 16.7. The molecule has 0 aliphatic carbocycles. The van der Waals surface area contributed by atoms with Crippen LogP contribution in [-0.4, -0.2) is 40.6 Å². The van der Waals surface area contributed by atoms with Crippen LogP contribution in [0.2, 0.25) is 0 Å². The van der Waals surface area contributed by atoms with Crippen molar-refractivity contribution in [1.29, 1.82) is 0 Å². The van der Waals surface area contributed by atoms with Crippen LogP contribution in [0.4, 0.5) is 0 Å². The van der Waals surface area contributed by atoms with Crippen LogP contribution < -0.4 is 5.73 Å². The minimum absolute atomic E-state index is 0.0219. The van der Waals surface area contributed by atoms with Crippen molar-refractivity contribution in [3.05, 3.63) is 0 Å². The highest BCUT2D eigenvalue weighted by Crippen LogP contribution is 2.26. The van der Waals surface area contributed by atoms with Gasteiger partial charge in [-0.3, -0.25) is 4.79 Å². The van der Waals surface area contributed by atoms with Crippen LogP contribution in [0, 0.1) is 5.92 Å². The molecule has 1 heterocycles. The van der Waals surface area contributed by atoms with Gasteiger partial charge in [0, 0.05) is 6.54 Å². The highest BCUT2D eigenvalue weighted by molar-refractivity contribution is 5.82. The Morgan fingerprint density at radius 2 is 2.54 bits per heavy atom. The van der Waals surface area contributed by atoms with Gasteiger partial charge in [0.1, 0.15) is 0 Å². The van der Waals surface area contributed by atoms with Crippen molar-refractivity contribution in [3.8, 4) is 0 Å². The minimum Gasteiger partial charge on any atom is -0.481 e. The van der Waals surface area contributed by atoms with E-state index in [1.54, 1.807) is 0 Å². The molecule has 0 amide bonds. The predicted octanol–water partition coefficient (Wildman–Crippen LogP) is -1.22. The van der Waals surface area contributed by atoms with Gasteiger partial charge in [-0.05, 0) is 6.92 Å². The molecule has 3 unspecified atom stereocenters. The molecule has 0 radical (unpaired) electrons. The maximum atomic E-state index is 10.6. The molecular weight excluding hydrogens is 176 g/mol. The molecule has 0 fully saturated rings. The van der Waals surface area contributed by atoms with Crippen LogP contribution >= 0.6 is 0 Å². The number of carboxylic acids is 1. The van der Waals surface area contributed by atoms with Gasteiger partial charge in [-0.15, -0.1) is 0 Å². The van der Waals surface area contributed by atoms with Crippen molar-refractivity contribution >= 4 is 12.2 Å². The fraction of sp³-hybridized carbons (Fsp3) is 0.714. The lowest BCUT2D eigenvalue weighted by atomic mass is 9.85. The van der Waals surface area contributed by atoms with Crippen molar-refractivity contribution in [1.82, 2.24) is 0 Å². The van der Waals surface area contributed by atoms with Gasteiger partial charge in [-0.1, -0.05) is 5.16 Å². The van der Waals surface area contributed by atoms with E-state index in [1.165, 1.54) is 6.92 Å². The number of nitrogens with two attached hydrogens (primary N) is 1. The van der Waals surface area contributed by atoms with Crippen molar-refractivity contribution in [3.63, 3.8) is 0 Å². The summed E-state index contributed by atoms with van der Waals surface area (Å²) in [4.78, 5) is 15.4. The maximum Gasteiger partial charge on any atom is 0.309 e. The van der Waals surface area contributed by atoms with E-state index in [4.69, 9.17) is 15.7 Å². The second-order valence-electron chi connectivity index (χ2n) is 3.01. The Hall–Kier alpha value is -1.14. The van der Waals surface area contributed by atoms with E-state index in [0.717, 1.165) is 6.21 Å². The summed E-state index contributed by atoms with van der Waals surface area (Å²) in [6, 6.07) is 0. The number of carboxylic acid groups (broad SMARTS) is 1. The number of oxime groups is 1. The maximum absolute atomic E-state index is 10.6. The second kappa shape index (κ2) is 3.31. The number of aliphatic carboxylic acids is 1. The molecule has 1 aliphatic heterocycles. The SMILES string of the molecule is CC(C(=O)O)C1(O)C=NOC1CN. The third-order valence-electron chi connectivity index (χ3n) is 2.24. The topological polar surface area (TPSA) is 105 Å². The third-order valence-corrected chi connectivity index (χ3v) is 2.24. The average molecular weight is 188 g/mol. The number of carbonyl (C=O) groups is 1.